The third kappa shape index (κ3) is 4.39. The first kappa shape index (κ1) is 21.2. The number of halogens is 1. The lowest BCUT2D eigenvalue weighted by molar-refractivity contribution is 0.0952. The number of sulfonamides is 1. The second-order valence-electron chi connectivity index (χ2n) is 6.37. The van der Waals surface area contributed by atoms with Gasteiger partial charge < -0.3 is 15.3 Å². The van der Waals surface area contributed by atoms with Crippen molar-refractivity contribution in [3.8, 4) is 0 Å². The molecule has 29 heavy (non-hydrogen) atoms. The van der Waals surface area contributed by atoms with Crippen LogP contribution in [-0.2, 0) is 16.6 Å². The highest BCUT2D eigenvalue weighted by Gasteiger charge is 2.21. The van der Waals surface area contributed by atoms with Gasteiger partial charge in [0, 0.05) is 19.6 Å². The predicted octanol–water partition coefficient (Wildman–Crippen LogP) is 3.33. The maximum Gasteiger partial charge on any atom is 0.253 e. The molecule has 154 valence electrons. The number of aromatic nitrogens is 2. The lowest BCUT2D eigenvalue weighted by Crippen LogP contribution is -2.30. The van der Waals surface area contributed by atoms with Crippen LogP contribution in [0.15, 0.2) is 41.3 Å². The minimum Gasteiger partial charge on any atom is -0.348 e. The van der Waals surface area contributed by atoms with Gasteiger partial charge in [0.1, 0.15) is 5.82 Å². The highest BCUT2D eigenvalue weighted by atomic mass is 32.2. The number of carbonyl (C=O) groups excluding carboxylic acids is 1. The van der Waals surface area contributed by atoms with Crippen molar-refractivity contribution in [2.75, 3.05) is 13.1 Å². The number of aromatic amines is 2. The van der Waals surface area contributed by atoms with E-state index in [0.29, 0.717) is 34.5 Å². The molecule has 1 heterocycles. The van der Waals surface area contributed by atoms with Crippen molar-refractivity contribution in [3.05, 3.63) is 58.1 Å². The predicted molar refractivity (Wildman–Crippen MR) is 111 cm³/mol. The molecule has 2 aromatic carbocycles. The van der Waals surface area contributed by atoms with E-state index >= 15 is 0 Å². The molecule has 3 N–H and O–H groups in total. The number of rotatable bonds is 7. The van der Waals surface area contributed by atoms with Crippen LogP contribution in [0.4, 0.5) is 4.39 Å². The van der Waals surface area contributed by atoms with E-state index in [-0.39, 0.29) is 17.0 Å². The zero-order valence-corrected chi connectivity index (χ0v) is 17.6. The Morgan fingerprint density at radius 3 is 2.41 bits per heavy atom. The van der Waals surface area contributed by atoms with Gasteiger partial charge in [-0.25, -0.2) is 12.8 Å². The van der Waals surface area contributed by atoms with Crippen LogP contribution >= 0.6 is 12.2 Å². The zero-order chi connectivity index (χ0) is 21.2. The highest BCUT2D eigenvalue weighted by Crippen LogP contribution is 2.19. The van der Waals surface area contributed by atoms with E-state index in [1.807, 2.05) is 0 Å². The summed E-state index contributed by atoms with van der Waals surface area (Å²) in [5, 5.41) is 2.71. The Labute approximate surface area is 173 Å². The van der Waals surface area contributed by atoms with Crippen LogP contribution in [0.2, 0.25) is 0 Å². The monoisotopic (exact) mass is 436 g/mol. The molecular weight excluding hydrogens is 415 g/mol. The minimum atomic E-state index is -3.53. The SMILES string of the molecule is CCN(CC)S(=O)(=O)c1ccc(CNC(=O)c2cc(F)cc3[nH]c(=S)[nH]c23)cc1. The summed E-state index contributed by atoms with van der Waals surface area (Å²) in [5.41, 5.74) is 1.68. The number of amides is 1. The molecule has 0 atom stereocenters. The second kappa shape index (κ2) is 8.44. The number of benzene rings is 2. The molecule has 1 aromatic heterocycles. The Kier molecular flexibility index (Phi) is 6.15. The standard InChI is InChI=1S/C19H21FN4O3S2/c1-3-24(4-2)29(26,27)14-7-5-12(6-8-14)11-21-18(25)15-9-13(20)10-16-17(15)23-19(28)22-16/h5-10H,3-4,11H2,1-2H3,(H,21,25)(H2,22,23,28). The molecule has 0 aliphatic rings. The van der Waals surface area contributed by atoms with E-state index in [4.69, 9.17) is 12.2 Å². The van der Waals surface area contributed by atoms with Crippen LogP contribution in [0, 0.1) is 10.6 Å². The summed E-state index contributed by atoms with van der Waals surface area (Å²) in [6.07, 6.45) is 0. The Morgan fingerprint density at radius 2 is 1.79 bits per heavy atom. The van der Waals surface area contributed by atoms with E-state index in [1.54, 1.807) is 26.0 Å². The van der Waals surface area contributed by atoms with Crippen molar-refractivity contribution >= 4 is 39.2 Å². The van der Waals surface area contributed by atoms with Crippen molar-refractivity contribution in [3.63, 3.8) is 0 Å². The quantitative estimate of drug-likeness (QED) is 0.495. The van der Waals surface area contributed by atoms with Crippen LogP contribution in [0.5, 0.6) is 0 Å². The van der Waals surface area contributed by atoms with Gasteiger partial charge in [0.05, 0.1) is 21.5 Å². The molecule has 3 aromatic rings. The molecule has 1 amide bonds. The van der Waals surface area contributed by atoms with Gasteiger partial charge in [-0.1, -0.05) is 26.0 Å². The molecule has 0 unspecified atom stereocenters. The van der Waals surface area contributed by atoms with Crippen molar-refractivity contribution < 1.29 is 17.6 Å². The van der Waals surface area contributed by atoms with E-state index in [2.05, 4.69) is 15.3 Å². The first-order valence-electron chi connectivity index (χ1n) is 9.05. The van der Waals surface area contributed by atoms with Crippen LogP contribution in [0.3, 0.4) is 0 Å². The molecule has 0 bridgehead atoms. The Balaban J connectivity index is 1.76. The minimum absolute atomic E-state index is 0.132. The van der Waals surface area contributed by atoms with Gasteiger partial charge in [0.15, 0.2) is 4.77 Å². The maximum atomic E-state index is 13.8. The third-order valence-corrected chi connectivity index (χ3v) is 6.82. The smallest absolute Gasteiger partial charge is 0.253 e. The summed E-state index contributed by atoms with van der Waals surface area (Å²) in [6, 6.07) is 8.70. The summed E-state index contributed by atoms with van der Waals surface area (Å²) in [7, 11) is -3.53. The highest BCUT2D eigenvalue weighted by molar-refractivity contribution is 7.89. The average Bonchev–Trinajstić information content (AvgIpc) is 3.06. The normalized spacial score (nSPS) is 11.9. The fraction of sp³-hybridized carbons (Fsp3) is 0.263. The van der Waals surface area contributed by atoms with Crippen molar-refractivity contribution in [1.82, 2.24) is 19.6 Å². The first-order valence-corrected chi connectivity index (χ1v) is 10.9. The number of imidazole rings is 1. The van der Waals surface area contributed by atoms with Crippen molar-refractivity contribution in [1.29, 1.82) is 0 Å². The number of nitrogens with one attached hydrogen (secondary N) is 3. The van der Waals surface area contributed by atoms with Gasteiger partial charge in [-0.3, -0.25) is 4.79 Å². The Morgan fingerprint density at radius 1 is 1.14 bits per heavy atom. The number of nitrogens with zero attached hydrogens (tertiary/aromatic N) is 1. The summed E-state index contributed by atoms with van der Waals surface area (Å²) in [4.78, 5) is 18.4. The van der Waals surface area contributed by atoms with Gasteiger partial charge in [-0.05, 0) is 42.0 Å². The molecule has 0 aliphatic heterocycles. The molecule has 0 radical (unpaired) electrons. The summed E-state index contributed by atoms with van der Waals surface area (Å²) < 4.78 is 40.5. The second-order valence-corrected chi connectivity index (χ2v) is 8.72. The van der Waals surface area contributed by atoms with E-state index in [0.717, 1.165) is 6.07 Å². The topological polar surface area (TPSA) is 98.1 Å². The summed E-state index contributed by atoms with van der Waals surface area (Å²) >= 11 is 5.00. The van der Waals surface area contributed by atoms with Crippen molar-refractivity contribution in [2.45, 2.75) is 25.3 Å². The van der Waals surface area contributed by atoms with Gasteiger partial charge in [-0.2, -0.15) is 4.31 Å². The van der Waals surface area contributed by atoms with Gasteiger partial charge >= 0.3 is 0 Å². The maximum absolute atomic E-state index is 13.8. The summed E-state index contributed by atoms with van der Waals surface area (Å²) in [6.45, 7) is 4.51. The van der Waals surface area contributed by atoms with Crippen LogP contribution in [0.1, 0.15) is 29.8 Å². The van der Waals surface area contributed by atoms with Gasteiger partial charge in [0.25, 0.3) is 5.91 Å². The van der Waals surface area contributed by atoms with E-state index in [1.165, 1.54) is 22.5 Å². The Bertz CT molecular complexity index is 1200. The lowest BCUT2D eigenvalue weighted by Gasteiger charge is -2.18. The van der Waals surface area contributed by atoms with Crippen LogP contribution < -0.4 is 5.32 Å². The van der Waals surface area contributed by atoms with Gasteiger partial charge in [-0.15, -0.1) is 0 Å². The molecule has 3 rings (SSSR count). The largest absolute Gasteiger partial charge is 0.348 e. The molecule has 0 aliphatic carbocycles. The molecule has 0 spiro atoms. The molecule has 10 heteroatoms. The number of hydrogen-bond acceptors (Lipinski definition) is 4. The van der Waals surface area contributed by atoms with Crippen molar-refractivity contribution in [2.24, 2.45) is 0 Å². The molecule has 7 nitrogen and oxygen atoms in total. The molecule has 0 fully saturated rings. The number of H-pyrrole nitrogens is 2. The van der Waals surface area contributed by atoms with Gasteiger partial charge in [0.2, 0.25) is 10.0 Å². The van der Waals surface area contributed by atoms with Crippen LogP contribution in [-0.4, -0.2) is 41.7 Å². The third-order valence-electron chi connectivity index (χ3n) is 4.55. The van der Waals surface area contributed by atoms with E-state index in [9.17, 15) is 17.6 Å². The molecule has 0 saturated carbocycles. The van der Waals surface area contributed by atoms with Crippen LogP contribution in [0.25, 0.3) is 11.0 Å². The fourth-order valence-electron chi connectivity index (χ4n) is 3.06. The number of carbonyl (C=O) groups is 1. The lowest BCUT2D eigenvalue weighted by atomic mass is 10.1. The molecule has 0 saturated heterocycles. The average molecular weight is 437 g/mol. The number of hydrogen-bond donors (Lipinski definition) is 3. The number of fused-ring (bicyclic) bond motifs is 1. The fourth-order valence-corrected chi connectivity index (χ4v) is 4.73. The summed E-state index contributed by atoms with van der Waals surface area (Å²) in [5.74, 6) is -1.03. The Hall–Kier alpha value is -2.56. The zero-order valence-electron chi connectivity index (χ0n) is 16.0. The first-order chi connectivity index (χ1) is 13.8. The van der Waals surface area contributed by atoms with E-state index < -0.39 is 21.7 Å². The molecular formula is C19H21FN4O3S2.